The standard InChI is InChI=1S/C27H30N8O4/c1-26(2)20-16(23(37)35(26)5)11-12-19(30-20)31-25-28-13-17(22-33-34-24(39-22)27(3,4)38)21(32-25)29-18(14-36)15-9-7-6-8-10-15/h6-13,18,36,38H,14H2,1-5H3,(H2,28,29,30,31,32)/t18-/m1/s1. The van der Waals surface area contributed by atoms with Crippen molar-refractivity contribution < 1.29 is 19.4 Å². The summed E-state index contributed by atoms with van der Waals surface area (Å²) in [5.41, 5.74) is 0.540. The van der Waals surface area contributed by atoms with Gasteiger partial charge in [-0.15, -0.1) is 10.2 Å². The molecular formula is C27H30N8O4. The van der Waals surface area contributed by atoms with Crippen LogP contribution in [0.3, 0.4) is 0 Å². The van der Waals surface area contributed by atoms with E-state index in [-0.39, 0.29) is 30.2 Å². The normalized spacial score (nSPS) is 15.3. The number of hydrogen-bond acceptors (Lipinski definition) is 11. The van der Waals surface area contributed by atoms with E-state index in [2.05, 4.69) is 35.8 Å². The average molecular weight is 531 g/mol. The molecule has 0 aliphatic carbocycles. The zero-order chi connectivity index (χ0) is 27.9. The van der Waals surface area contributed by atoms with Crippen LogP contribution in [0.4, 0.5) is 17.6 Å². The molecule has 4 N–H and O–H groups in total. The van der Waals surface area contributed by atoms with Crippen molar-refractivity contribution in [3.63, 3.8) is 0 Å². The van der Waals surface area contributed by atoms with E-state index in [1.807, 2.05) is 44.2 Å². The van der Waals surface area contributed by atoms with Crippen LogP contribution in [0.25, 0.3) is 11.5 Å². The summed E-state index contributed by atoms with van der Waals surface area (Å²) in [4.78, 5) is 28.0. The average Bonchev–Trinajstić information content (AvgIpc) is 3.47. The lowest BCUT2D eigenvalue weighted by molar-refractivity contribution is 0.0487. The molecule has 1 atom stereocenters. The van der Waals surface area contributed by atoms with Crippen LogP contribution in [-0.4, -0.2) is 59.8 Å². The molecule has 12 nitrogen and oxygen atoms in total. The van der Waals surface area contributed by atoms with Crippen molar-refractivity contribution in [1.82, 2.24) is 30.0 Å². The fraction of sp³-hybridized carbons (Fsp3) is 0.333. The van der Waals surface area contributed by atoms with Gasteiger partial charge >= 0.3 is 0 Å². The Morgan fingerprint density at radius 2 is 1.82 bits per heavy atom. The predicted molar refractivity (Wildman–Crippen MR) is 143 cm³/mol. The molecule has 0 spiro atoms. The van der Waals surface area contributed by atoms with E-state index in [1.165, 1.54) is 6.20 Å². The number of rotatable bonds is 8. The van der Waals surface area contributed by atoms with Gasteiger partial charge in [-0.05, 0) is 45.4 Å². The molecule has 0 fully saturated rings. The Balaban J connectivity index is 1.52. The van der Waals surface area contributed by atoms with E-state index in [0.29, 0.717) is 28.5 Å². The van der Waals surface area contributed by atoms with Gasteiger partial charge in [-0.1, -0.05) is 30.3 Å². The van der Waals surface area contributed by atoms with Gasteiger partial charge in [0.15, 0.2) is 0 Å². The minimum atomic E-state index is -1.33. The van der Waals surface area contributed by atoms with Gasteiger partial charge in [-0.3, -0.25) is 4.79 Å². The molecule has 1 aliphatic heterocycles. The second-order valence-electron chi connectivity index (χ2n) is 10.4. The Kier molecular flexibility index (Phi) is 6.52. The number of hydrogen-bond donors (Lipinski definition) is 4. The molecule has 5 rings (SSSR count). The molecule has 39 heavy (non-hydrogen) atoms. The van der Waals surface area contributed by atoms with E-state index < -0.39 is 17.2 Å². The maximum Gasteiger partial charge on any atom is 0.256 e. The van der Waals surface area contributed by atoms with Crippen LogP contribution < -0.4 is 10.6 Å². The van der Waals surface area contributed by atoms with Gasteiger partial charge in [-0.25, -0.2) is 9.97 Å². The molecule has 12 heteroatoms. The van der Waals surface area contributed by atoms with Crippen LogP contribution >= 0.6 is 0 Å². The highest BCUT2D eigenvalue weighted by molar-refractivity contribution is 5.99. The quantitative estimate of drug-likeness (QED) is 0.264. The number of aliphatic hydroxyl groups is 2. The molecular weight excluding hydrogens is 500 g/mol. The molecule has 4 heterocycles. The fourth-order valence-electron chi connectivity index (χ4n) is 4.25. The van der Waals surface area contributed by atoms with Gasteiger partial charge in [0.25, 0.3) is 11.8 Å². The second-order valence-corrected chi connectivity index (χ2v) is 10.4. The van der Waals surface area contributed by atoms with Crippen LogP contribution in [0.2, 0.25) is 0 Å². The van der Waals surface area contributed by atoms with Gasteiger partial charge in [0, 0.05) is 13.2 Å². The number of pyridine rings is 1. The molecule has 0 bridgehead atoms. The number of nitrogens with zero attached hydrogens (tertiary/aromatic N) is 6. The molecule has 202 valence electrons. The van der Waals surface area contributed by atoms with E-state index in [4.69, 9.17) is 4.42 Å². The number of benzene rings is 1. The summed E-state index contributed by atoms with van der Waals surface area (Å²) < 4.78 is 5.72. The van der Waals surface area contributed by atoms with Gasteiger partial charge in [0.2, 0.25) is 11.8 Å². The van der Waals surface area contributed by atoms with Gasteiger partial charge < -0.3 is 30.2 Å². The van der Waals surface area contributed by atoms with Crippen LogP contribution in [0, 0.1) is 0 Å². The van der Waals surface area contributed by atoms with Crippen molar-refractivity contribution >= 4 is 23.5 Å². The molecule has 3 aromatic heterocycles. The van der Waals surface area contributed by atoms with Crippen LogP contribution in [0.15, 0.2) is 53.1 Å². The van der Waals surface area contributed by atoms with Crippen molar-refractivity contribution in [2.45, 2.75) is 44.9 Å². The highest BCUT2D eigenvalue weighted by Gasteiger charge is 2.42. The molecule has 4 aromatic rings. The molecule has 0 saturated carbocycles. The molecule has 0 unspecified atom stereocenters. The first-order chi connectivity index (χ1) is 18.5. The Bertz CT molecular complexity index is 1510. The highest BCUT2D eigenvalue weighted by atomic mass is 16.4. The van der Waals surface area contributed by atoms with Crippen LogP contribution in [0.5, 0.6) is 0 Å². The van der Waals surface area contributed by atoms with Crippen molar-refractivity contribution in [2.75, 3.05) is 24.3 Å². The van der Waals surface area contributed by atoms with E-state index in [1.54, 1.807) is 37.9 Å². The van der Waals surface area contributed by atoms with Gasteiger partial charge in [0.1, 0.15) is 17.2 Å². The summed E-state index contributed by atoms with van der Waals surface area (Å²) in [7, 11) is 1.75. The smallest absolute Gasteiger partial charge is 0.256 e. The number of anilines is 3. The Morgan fingerprint density at radius 1 is 1.08 bits per heavy atom. The Morgan fingerprint density at radius 3 is 2.49 bits per heavy atom. The summed E-state index contributed by atoms with van der Waals surface area (Å²) in [5.74, 6) is 1.06. The highest BCUT2D eigenvalue weighted by Crippen LogP contribution is 2.37. The summed E-state index contributed by atoms with van der Waals surface area (Å²) >= 11 is 0. The third-order valence-corrected chi connectivity index (χ3v) is 6.75. The van der Waals surface area contributed by atoms with Crippen molar-refractivity contribution in [3.8, 4) is 11.5 Å². The van der Waals surface area contributed by atoms with Crippen molar-refractivity contribution in [3.05, 3.63) is 71.4 Å². The molecule has 1 aliphatic rings. The number of nitrogens with one attached hydrogen (secondary N) is 2. The molecule has 1 aromatic carbocycles. The summed E-state index contributed by atoms with van der Waals surface area (Å²) in [6.45, 7) is 6.75. The molecule has 0 radical (unpaired) electrons. The largest absolute Gasteiger partial charge is 0.417 e. The third kappa shape index (κ3) is 4.91. The summed E-state index contributed by atoms with van der Waals surface area (Å²) in [6, 6.07) is 12.4. The number of carbonyl (C=O) groups is 1. The van der Waals surface area contributed by atoms with E-state index in [0.717, 1.165) is 5.56 Å². The number of fused-ring (bicyclic) bond motifs is 1. The SMILES string of the molecule is CN1C(=O)c2ccc(Nc3ncc(-c4nnc(C(C)(C)O)o4)c(N[C@H](CO)c4ccccc4)n3)nc2C1(C)C. The van der Waals surface area contributed by atoms with Gasteiger partial charge in [0.05, 0.1) is 35.0 Å². The van der Waals surface area contributed by atoms with Crippen molar-refractivity contribution in [2.24, 2.45) is 0 Å². The van der Waals surface area contributed by atoms with E-state index >= 15 is 0 Å². The first-order valence-corrected chi connectivity index (χ1v) is 12.4. The zero-order valence-electron chi connectivity index (χ0n) is 22.3. The fourth-order valence-corrected chi connectivity index (χ4v) is 4.25. The van der Waals surface area contributed by atoms with Gasteiger partial charge in [-0.2, -0.15) is 4.98 Å². The maximum absolute atomic E-state index is 12.6. The number of aliphatic hydroxyl groups excluding tert-OH is 1. The lowest BCUT2D eigenvalue weighted by Crippen LogP contribution is -2.35. The van der Waals surface area contributed by atoms with Crippen LogP contribution in [0.1, 0.15) is 61.2 Å². The lowest BCUT2D eigenvalue weighted by Gasteiger charge is -2.27. The Hall–Kier alpha value is -4.42. The first-order valence-electron chi connectivity index (χ1n) is 12.4. The number of amides is 1. The van der Waals surface area contributed by atoms with Crippen LogP contribution in [-0.2, 0) is 11.1 Å². The Labute approximate surface area is 225 Å². The topological polar surface area (TPSA) is 162 Å². The summed E-state index contributed by atoms with van der Waals surface area (Å²) in [5, 5.41) is 34.8. The minimum Gasteiger partial charge on any atom is -0.417 e. The van der Waals surface area contributed by atoms with Crippen molar-refractivity contribution in [1.29, 1.82) is 0 Å². The lowest BCUT2D eigenvalue weighted by atomic mass is 10.00. The first kappa shape index (κ1) is 26.2. The predicted octanol–water partition coefficient (Wildman–Crippen LogP) is 3.36. The number of aromatic nitrogens is 5. The minimum absolute atomic E-state index is 0.0388. The second kappa shape index (κ2) is 9.71. The molecule has 0 saturated heterocycles. The zero-order valence-corrected chi connectivity index (χ0v) is 22.3. The third-order valence-electron chi connectivity index (χ3n) is 6.75. The summed E-state index contributed by atoms with van der Waals surface area (Å²) in [6.07, 6.45) is 1.51. The molecule has 1 amide bonds. The van der Waals surface area contributed by atoms with E-state index in [9.17, 15) is 15.0 Å². The maximum atomic E-state index is 12.6. The monoisotopic (exact) mass is 530 g/mol. The number of carbonyl (C=O) groups excluding carboxylic acids is 1.